The fourth-order valence-corrected chi connectivity index (χ4v) is 3.64. The Kier molecular flexibility index (Phi) is 6.83. The van der Waals surface area contributed by atoms with Crippen molar-refractivity contribution >= 4 is 46.3 Å². The molecule has 0 radical (unpaired) electrons. The van der Waals surface area contributed by atoms with E-state index >= 15 is 0 Å². The van der Waals surface area contributed by atoms with E-state index in [0.29, 0.717) is 40.1 Å². The number of hydrogen-bond acceptors (Lipinski definition) is 6. The van der Waals surface area contributed by atoms with Gasteiger partial charge in [0.1, 0.15) is 4.32 Å². The summed E-state index contributed by atoms with van der Waals surface area (Å²) in [6.07, 6.45) is 2.97. The molecule has 1 aromatic carbocycles. The Morgan fingerprint density at radius 2 is 2.00 bits per heavy atom. The SMILES string of the molecule is COc1ccc(/C=C2\SC(=S)N(CCCCC(=O)O)C2=O)cc1OC. The molecule has 1 N–H and O–H groups in total. The highest BCUT2D eigenvalue weighted by molar-refractivity contribution is 8.26. The lowest BCUT2D eigenvalue weighted by atomic mass is 10.2. The zero-order valence-corrected chi connectivity index (χ0v) is 15.6. The van der Waals surface area contributed by atoms with Gasteiger partial charge in [-0.25, -0.2) is 0 Å². The molecule has 1 heterocycles. The lowest BCUT2D eigenvalue weighted by Crippen LogP contribution is -2.29. The van der Waals surface area contributed by atoms with Crippen molar-refractivity contribution in [3.8, 4) is 11.5 Å². The van der Waals surface area contributed by atoms with Gasteiger partial charge in [0.05, 0.1) is 19.1 Å². The summed E-state index contributed by atoms with van der Waals surface area (Å²) in [6, 6.07) is 5.40. The Labute approximate surface area is 155 Å². The van der Waals surface area contributed by atoms with Crippen LogP contribution in [0.25, 0.3) is 6.08 Å². The van der Waals surface area contributed by atoms with Crippen molar-refractivity contribution in [1.29, 1.82) is 0 Å². The number of ether oxygens (including phenoxy) is 2. The predicted molar refractivity (Wildman–Crippen MR) is 101 cm³/mol. The topological polar surface area (TPSA) is 76.1 Å². The molecule has 6 nitrogen and oxygen atoms in total. The first-order valence-corrected chi connectivity index (χ1v) is 8.88. The molecule has 0 atom stereocenters. The number of carboxylic acid groups (broad SMARTS) is 1. The average Bonchev–Trinajstić information content (AvgIpc) is 2.85. The number of carboxylic acids is 1. The number of benzene rings is 1. The normalized spacial score (nSPS) is 15.8. The second kappa shape index (κ2) is 8.87. The second-order valence-electron chi connectivity index (χ2n) is 5.30. The van der Waals surface area contributed by atoms with Gasteiger partial charge in [-0.2, -0.15) is 0 Å². The van der Waals surface area contributed by atoms with Crippen molar-refractivity contribution in [2.24, 2.45) is 0 Å². The minimum absolute atomic E-state index is 0.0935. The van der Waals surface area contributed by atoms with Crippen molar-refractivity contribution < 1.29 is 24.2 Å². The molecule has 0 spiro atoms. The molecule has 2 rings (SSSR count). The van der Waals surface area contributed by atoms with Crippen LogP contribution in [-0.4, -0.2) is 47.0 Å². The summed E-state index contributed by atoms with van der Waals surface area (Å²) in [6.45, 7) is 0.432. The number of aliphatic carboxylic acids is 1. The van der Waals surface area contributed by atoms with Crippen LogP contribution in [0.2, 0.25) is 0 Å². The van der Waals surface area contributed by atoms with Crippen LogP contribution in [0.1, 0.15) is 24.8 Å². The molecule has 134 valence electrons. The minimum atomic E-state index is -0.835. The molecule has 1 aromatic rings. The van der Waals surface area contributed by atoms with E-state index in [9.17, 15) is 9.59 Å². The molecule has 1 aliphatic heterocycles. The number of carbonyl (C=O) groups excluding carboxylic acids is 1. The van der Waals surface area contributed by atoms with E-state index < -0.39 is 5.97 Å². The van der Waals surface area contributed by atoms with E-state index in [0.717, 1.165) is 5.56 Å². The van der Waals surface area contributed by atoms with Gasteiger partial charge >= 0.3 is 5.97 Å². The zero-order valence-electron chi connectivity index (χ0n) is 14.0. The summed E-state index contributed by atoms with van der Waals surface area (Å²) >= 11 is 6.51. The van der Waals surface area contributed by atoms with Gasteiger partial charge in [0.2, 0.25) is 0 Å². The standard InChI is InChI=1S/C17H19NO5S2/c1-22-12-7-6-11(9-13(12)23-2)10-14-16(21)18(17(24)25-14)8-4-3-5-15(19)20/h6-7,9-10H,3-5,8H2,1-2H3,(H,19,20)/b14-10-. The van der Waals surface area contributed by atoms with E-state index in [1.54, 1.807) is 32.4 Å². The fourth-order valence-electron chi connectivity index (χ4n) is 2.33. The van der Waals surface area contributed by atoms with E-state index in [1.165, 1.54) is 16.7 Å². The maximum Gasteiger partial charge on any atom is 0.303 e. The Hall–Kier alpha value is -2.06. The third kappa shape index (κ3) is 4.96. The molecular formula is C17H19NO5S2. The molecule has 1 amide bonds. The number of methoxy groups -OCH3 is 2. The monoisotopic (exact) mass is 381 g/mol. The third-order valence-electron chi connectivity index (χ3n) is 3.60. The van der Waals surface area contributed by atoms with Gasteiger partial charge in [0.15, 0.2) is 11.5 Å². The zero-order chi connectivity index (χ0) is 18.4. The highest BCUT2D eigenvalue weighted by Gasteiger charge is 2.31. The summed E-state index contributed by atoms with van der Waals surface area (Å²) in [5.74, 6) is 0.213. The molecule has 0 unspecified atom stereocenters. The average molecular weight is 381 g/mol. The smallest absolute Gasteiger partial charge is 0.303 e. The molecule has 1 aliphatic rings. The molecule has 0 saturated carbocycles. The van der Waals surface area contributed by atoms with E-state index in [2.05, 4.69) is 0 Å². The van der Waals surface area contributed by atoms with Crippen LogP contribution in [0.3, 0.4) is 0 Å². The third-order valence-corrected chi connectivity index (χ3v) is 4.98. The number of thiocarbonyl (C=S) groups is 1. The number of thioether (sulfide) groups is 1. The van der Waals surface area contributed by atoms with E-state index in [-0.39, 0.29) is 12.3 Å². The highest BCUT2D eigenvalue weighted by atomic mass is 32.2. The number of carbonyl (C=O) groups is 2. The Morgan fingerprint density at radius 3 is 2.64 bits per heavy atom. The van der Waals surface area contributed by atoms with Gasteiger partial charge < -0.3 is 14.6 Å². The molecule has 0 bridgehead atoms. The van der Waals surface area contributed by atoms with Crippen molar-refractivity contribution in [2.45, 2.75) is 19.3 Å². The van der Waals surface area contributed by atoms with Gasteiger partial charge in [-0.3, -0.25) is 14.5 Å². The second-order valence-corrected chi connectivity index (χ2v) is 6.97. The molecule has 8 heteroatoms. The molecule has 0 aromatic heterocycles. The number of nitrogens with zero attached hydrogens (tertiary/aromatic N) is 1. The summed E-state index contributed by atoms with van der Waals surface area (Å²) in [4.78, 5) is 25.1. The number of amides is 1. The first-order chi connectivity index (χ1) is 12.0. The highest BCUT2D eigenvalue weighted by Crippen LogP contribution is 2.34. The Balaban J connectivity index is 2.08. The molecular weight excluding hydrogens is 362 g/mol. The van der Waals surface area contributed by atoms with Gasteiger partial charge in [-0.05, 0) is 36.6 Å². The molecule has 1 saturated heterocycles. The van der Waals surface area contributed by atoms with Crippen LogP contribution < -0.4 is 9.47 Å². The van der Waals surface area contributed by atoms with Crippen LogP contribution in [0.15, 0.2) is 23.1 Å². The van der Waals surface area contributed by atoms with Crippen LogP contribution in [0, 0.1) is 0 Å². The summed E-state index contributed by atoms with van der Waals surface area (Å²) in [7, 11) is 3.12. The molecule has 0 aliphatic carbocycles. The Morgan fingerprint density at radius 1 is 1.28 bits per heavy atom. The van der Waals surface area contributed by atoms with Gasteiger partial charge in [-0.15, -0.1) is 0 Å². The lowest BCUT2D eigenvalue weighted by molar-refractivity contribution is -0.137. The van der Waals surface area contributed by atoms with Crippen LogP contribution >= 0.6 is 24.0 Å². The van der Waals surface area contributed by atoms with Crippen molar-refractivity contribution in [3.05, 3.63) is 28.7 Å². The summed E-state index contributed by atoms with van der Waals surface area (Å²) < 4.78 is 11.0. The largest absolute Gasteiger partial charge is 0.493 e. The van der Waals surface area contributed by atoms with Gasteiger partial charge in [0, 0.05) is 13.0 Å². The quantitative estimate of drug-likeness (QED) is 0.421. The van der Waals surface area contributed by atoms with E-state index in [4.69, 9.17) is 26.8 Å². The Bertz CT molecular complexity index is 717. The fraction of sp³-hybridized carbons (Fsp3) is 0.353. The maximum absolute atomic E-state index is 12.5. The first-order valence-electron chi connectivity index (χ1n) is 7.65. The van der Waals surface area contributed by atoms with Crippen LogP contribution in [-0.2, 0) is 9.59 Å². The number of rotatable bonds is 8. The van der Waals surface area contributed by atoms with E-state index in [1.807, 2.05) is 6.07 Å². The minimum Gasteiger partial charge on any atom is -0.493 e. The predicted octanol–water partition coefficient (Wildman–Crippen LogP) is 3.16. The van der Waals surface area contributed by atoms with Crippen LogP contribution in [0.5, 0.6) is 11.5 Å². The first kappa shape index (κ1) is 19.3. The number of hydrogen-bond donors (Lipinski definition) is 1. The van der Waals surface area contributed by atoms with Crippen molar-refractivity contribution in [2.75, 3.05) is 20.8 Å². The molecule has 1 fully saturated rings. The summed E-state index contributed by atoms with van der Waals surface area (Å²) in [5, 5.41) is 8.66. The lowest BCUT2D eigenvalue weighted by Gasteiger charge is -2.13. The van der Waals surface area contributed by atoms with Crippen LogP contribution in [0.4, 0.5) is 0 Å². The maximum atomic E-state index is 12.5. The van der Waals surface area contributed by atoms with Crippen molar-refractivity contribution in [3.63, 3.8) is 0 Å². The molecule has 25 heavy (non-hydrogen) atoms. The van der Waals surface area contributed by atoms with Crippen molar-refractivity contribution in [1.82, 2.24) is 4.90 Å². The summed E-state index contributed by atoms with van der Waals surface area (Å²) in [5.41, 5.74) is 0.809. The number of unbranched alkanes of at least 4 members (excludes halogenated alkanes) is 1. The van der Waals surface area contributed by atoms with Gasteiger partial charge in [0.25, 0.3) is 5.91 Å². The van der Waals surface area contributed by atoms with Gasteiger partial charge in [-0.1, -0.05) is 30.0 Å².